The molecule has 1 rings (SSSR count). The third-order valence-electron chi connectivity index (χ3n) is 9.98. The summed E-state index contributed by atoms with van der Waals surface area (Å²) in [6.45, 7) is 3.42. The van der Waals surface area contributed by atoms with Crippen LogP contribution in [0.1, 0.15) is 142 Å². The topological polar surface area (TPSA) is 191 Å². The highest BCUT2D eigenvalue weighted by Crippen LogP contribution is 2.28. The molecule has 1 aliphatic rings. The predicted molar refractivity (Wildman–Crippen MR) is 187 cm³/mol. The van der Waals surface area contributed by atoms with E-state index in [1.54, 1.807) is 0 Å². The molecule has 0 unspecified atom stereocenters. The van der Waals surface area contributed by atoms with Crippen LogP contribution >= 0.6 is 0 Å². The maximum absolute atomic E-state index is 13.6. The summed E-state index contributed by atoms with van der Waals surface area (Å²) in [5.74, 6) is -5.77. The summed E-state index contributed by atoms with van der Waals surface area (Å²) in [5.41, 5.74) is -1.29. The average molecular weight is 723 g/mol. The van der Waals surface area contributed by atoms with E-state index >= 15 is 0 Å². The molecule has 1 fully saturated rings. The van der Waals surface area contributed by atoms with E-state index in [4.69, 9.17) is 0 Å². The molecular weight excluding hydrogens is 656 g/mol. The maximum Gasteiger partial charge on any atom is 0.222 e. The Morgan fingerprint density at radius 3 is 1.29 bits per heavy atom. The molecule has 0 bridgehead atoms. The number of aliphatic carboxylic acids is 4. The number of rotatable bonds is 32. The van der Waals surface area contributed by atoms with Crippen LogP contribution < -0.4 is 20.4 Å². The van der Waals surface area contributed by atoms with Gasteiger partial charge in [0.05, 0.1) is 23.9 Å². The molecule has 296 valence electrons. The summed E-state index contributed by atoms with van der Waals surface area (Å²) in [6.07, 6.45) is 20.1. The SMILES string of the molecule is CCCCCCCCCCN(CCCCCCCCCC)C(=O)CCCCC1(N(CC(=O)[O-])CC(=O)[O-])CN(CC(=O)[O-])CCN(CC(=O)[O-])C1. The van der Waals surface area contributed by atoms with E-state index in [-0.39, 0.29) is 44.9 Å². The summed E-state index contributed by atoms with van der Waals surface area (Å²) < 4.78 is 0. The third kappa shape index (κ3) is 22.0. The Morgan fingerprint density at radius 1 is 0.529 bits per heavy atom. The lowest BCUT2D eigenvalue weighted by atomic mass is 9.88. The van der Waals surface area contributed by atoms with Crippen molar-refractivity contribution in [1.82, 2.24) is 19.6 Å². The molecule has 0 aromatic carbocycles. The van der Waals surface area contributed by atoms with Crippen molar-refractivity contribution in [1.29, 1.82) is 0 Å². The first kappa shape index (κ1) is 46.3. The van der Waals surface area contributed by atoms with Crippen molar-refractivity contribution in [2.75, 3.05) is 65.4 Å². The standard InChI is InChI=1S/C38H70N4O9/c1-3-5-7-9-11-13-15-19-23-41(24-20-16-14-12-10-8-6-4-2)33(43)21-17-18-22-38(42(29-36(48)49)30-37(50)51)31-39(27-34(44)45)25-26-40(32-38)28-35(46)47/h3-32H2,1-2H3,(H,44,45)(H,46,47)(H,48,49)(H,50,51)/p-4. The van der Waals surface area contributed by atoms with Crippen LogP contribution in [0, 0.1) is 0 Å². The molecule has 0 saturated carbocycles. The number of hydrogen-bond donors (Lipinski definition) is 0. The average Bonchev–Trinajstić information content (AvgIpc) is 3.22. The number of carboxylic acid groups (broad SMARTS) is 4. The zero-order valence-corrected chi connectivity index (χ0v) is 31.7. The fraction of sp³-hybridized carbons (Fsp3) is 0.868. The molecule has 51 heavy (non-hydrogen) atoms. The van der Waals surface area contributed by atoms with Gasteiger partial charge in [-0.2, -0.15) is 0 Å². The van der Waals surface area contributed by atoms with Gasteiger partial charge in [0.15, 0.2) is 0 Å². The molecule has 0 aliphatic carbocycles. The summed E-state index contributed by atoms with van der Waals surface area (Å²) in [7, 11) is 0. The smallest absolute Gasteiger partial charge is 0.222 e. The molecule has 13 nitrogen and oxygen atoms in total. The predicted octanol–water partition coefficient (Wildman–Crippen LogP) is 0.315. The first-order valence-corrected chi connectivity index (χ1v) is 19.7. The zero-order valence-electron chi connectivity index (χ0n) is 31.7. The highest BCUT2D eigenvalue weighted by molar-refractivity contribution is 5.76. The van der Waals surface area contributed by atoms with Crippen molar-refractivity contribution in [3.63, 3.8) is 0 Å². The van der Waals surface area contributed by atoms with E-state index < -0.39 is 55.6 Å². The summed E-state index contributed by atoms with van der Waals surface area (Å²) in [6, 6.07) is 0. The Bertz CT molecular complexity index is 950. The van der Waals surface area contributed by atoms with E-state index in [0.29, 0.717) is 25.9 Å². The molecule has 13 heteroatoms. The highest BCUT2D eigenvalue weighted by atomic mass is 16.4. The number of unbranched alkanes of at least 4 members (excludes halogenated alkanes) is 15. The second-order valence-electron chi connectivity index (χ2n) is 14.5. The van der Waals surface area contributed by atoms with Gasteiger partial charge in [-0.05, 0) is 25.7 Å². The van der Waals surface area contributed by atoms with Gasteiger partial charge in [0.1, 0.15) is 0 Å². The second-order valence-corrected chi connectivity index (χ2v) is 14.5. The van der Waals surface area contributed by atoms with Crippen LogP contribution in [0.15, 0.2) is 0 Å². The number of carboxylic acids is 4. The number of amides is 1. The number of carbonyl (C=O) groups is 5. The quantitative estimate of drug-likeness (QED) is 0.0866. The van der Waals surface area contributed by atoms with Gasteiger partial charge >= 0.3 is 0 Å². The third-order valence-corrected chi connectivity index (χ3v) is 9.98. The van der Waals surface area contributed by atoms with Gasteiger partial charge in [-0.3, -0.25) is 19.5 Å². The largest absolute Gasteiger partial charge is 0.549 e. The number of nitrogens with zero attached hydrogens (tertiary/aromatic N) is 4. The minimum Gasteiger partial charge on any atom is -0.549 e. The summed E-state index contributed by atoms with van der Waals surface area (Å²) in [5, 5.41) is 46.7. The van der Waals surface area contributed by atoms with Crippen LogP contribution in [0.5, 0.6) is 0 Å². The van der Waals surface area contributed by atoms with Gasteiger partial charge < -0.3 is 44.5 Å². The van der Waals surface area contributed by atoms with E-state index in [1.165, 1.54) is 78.9 Å². The molecule has 0 radical (unpaired) electrons. The van der Waals surface area contributed by atoms with E-state index in [9.17, 15) is 44.4 Å². The monoisotopic (exact) mass is 722 g/mol. The van der Waals surface area contributed by atoms with Crippen LogP contribution in [0.25, 0.3) is 0 Å². The van der Waals surface area contributed by atoms with Crippen molar-refractivity contribution in [3.05, 3.63) is 0 Å². The van der Waals surface area contributed by atoms with E-state index in [1.807, 2.05) is 4.90 Å². The number of carbonyl (C=O) groups excluding carboxylic acids is 5. The summed E-state index contributed by atoms with van der Waals surface area (Å²) in [4.78, 5) is 66.4. The van der Waals surface area contributed by atoms with Gasteiger partial charge in [-0.1, -0.05) is 110 Å². The first-order valence-electron chi connectivity index (χ1n) is 19.7. The van der Waals surface area contributed by atoms with Crippen molar-refractivity contribution in [3.8, 4) is 0 Å². The van der Waals surface area contributed by atoms with Crippen molar-refractivity contribution in [2.24, 2.45) is 0 Å². The van der Waals surface area contributed by atoms with Crippen LogP contribution in [-0.4, -0.2) is 120 Å². The molecule has 0 N–H and O–H groups in total. The second kappa shape index (κ2) is 27.8. The molecule has 0 aromatic rings. The maximum atomic E-state index is 13.6. The van der Waals surface area contributed by atoms with Gasteiger partial charge in [0.2, 0.25) is 5.91 Å². The lowest BCUT2D eigenvalue weighted by Gasteiger charge is -2.47. The molecule has 0 spiro atoms. The van der Waals surface area contributed by atoms with E-state index in [2.05, 4.69) is 13.8 Å². The molecule has 1 heterocycles. The molecule has 0 atom stereocenters. The van der Waals surface area contributed by atoms with Crippen molar-refractivity contribution in [2.45, 2.75) is 148 Å². The van der Waals surface area contributed by atoms with Gasteiger partial charge in [-0.25, -0.2) is 0 Å². The van der Waals surface area contributed by atoms with Crippen molar-refractivity contribution < 1.29 is 44.4 Å². The molecule has 1 saturated heterocycles. The lowest BCUT2D eigenvalue weighted by Crippen LogP contribution is -2.64. The fourth-order valence-electron chi connectivity index (χ4n) is 7.30. The van der Waals surface area contributed by atoms with Crippen LogP contribution in [0.3, 0.4) is 0 Å². The summed E-state index contributed by atoms with van der Waals surface area (Å²) >= 11 is 0. The minimum absolute atomic E-state index is 0.0503. The Labute approximate surface area is 306 Å². The Balaban J connectivity index is 3.01. The van der Waals surface area contributed by atoms with Crippen molar-refractivity contribution >= 4 is 29.8 Å². The molecular formula is C38H66N4O9-4. The first-order chi connectivity index (χ1) is 24.4. The lowest BCUT2D eigenvalue weighted by molar-refractivity contribution is -0.314. The van der Waals surface area contributed by atoms with Gasteiger partial charge in [0.25, 0.3) is 0 Å². The minimum atomic E-state index is -1.54. The van der Waals surface area contributed by atoms with Gasteiger partial charge in [-0.15, -0.1) is 0 Å². The Morgan fingerprint density at radius 2 is 0.922 bits per heavy atom. The number of hydrogen-bond acceptors (Lipinski definition) is 12. The van der Waals surface area contributed by atoms with Crippen LogP contribution in [-0.2, 0) is 24.0 Å². The van der Waals surface area contributed by atoms with Crippen LogP contribution in [0.4, 0.5) is 0 Å². The zero-order chi connectivity index (χ0) is 37.9. The molecule has 0 aromatic heterocycles. The fourth-order valence-corrected chi connectivity index (χ4v) is 7.30. The molecule has 1 amide bonds. The van der Waals surface area contributed by atoms with E-state index in [0.717, 1.165) is 38.5 Å². The molecule has 1 aliphatic heterocycles. The Hall–Kier alpha value is -2.77. The normalized spacial score (nSPS) is 15.1. The highest BCUT2D eigenvalue weighted by Gasteiger charge is 2.41. The van der Waals surface area contributed by atoms with Gasteiger partial charge in [0, 0.05) is 77.4 Å². The van der Waals surface area contributed by atoms with Crippen LogP contribution in [0.2, 0.25) is 0 Å². The Kier molecular flexibility index (Phi) is 25.2.